The van der Waals surface area contributed by atoms with Gasteiger partial charge in [0.25, 0.3) is 0 Å². The largest absolute Gasteiger partial charge is 0.416 e. The normalized spacial score (nSPS) is 15.3. The zero-order valence-electron chi connectivity index (χ0n) is 14.9. The van der Waals surface area contributed by atoms with Crippen LogP contribution in [0.15, 0.2) is 60.7 Å². The molecular formula is C22H14F3N3O. The van der Waals surface area contributed by atoms with Gasteiger partial charge in [0.05, 0.1) is 22.5 Å². The predicted octanol–water partition coefficient (Wildman–Crippen LogP) is 4.85. The van der Waals surface area contributed by atoms with Crippen molar-refractivity contribution in [2.24, 2.45) is 5.73 Å². The van der Waals surface area contributed by atoms with Gasteiger partial charge in [-0.1, -0.05) is 42.5 Å². The molecule has 1 heterocycles. The number of benzene rings is 3. The summed E-state index contributed by atoms with van der Waals surface area (Å²) in [6.45, 7) is 0. The van der Waals surface area contributed by atoms with Crippen LogP contribution in [0.4, 0.5) is 13.2 Å². The molecular weight excluding hydrogens is 379 g/mol. The molecule has 0 radical (unpaired) electrons. The summed E-state index contributed by atoms with van der Waals surface area (Å²) in [5.41, 5.74) is 9.65. The molecule has 3 N–H and O–H groups in total. The summed E-state index contributed by atoms with van der Waals surface area (Å²) in [5.74, 6) is -0.578. The highest BCUT2D eigenvalue weighted by Gasteiger charge is 2.35. The van der Waals surface area contributed by atoms with Crippen LogP contribution in [-0.4, -0.2) is 15.9 Å². The average molecular weight is 393 g/mol. The van der Waals surface area contributed by atoms with E-state index < -0.39 is 23.6 Å². The highest BCUT2D eigenvalue weighted by molar-refractivity contribution is 6.00. The average Bonchev–Trinajstić information content (AvgIpc) is 3.25. The fourth-order valence-electron chi connectivity index (χ4n) is 4.07. The number of imidazole rings is 1. The number of nitrogens with zero attached hydrogens (tertiary/aromatic N) is 1. The van der Waals surface area contributed by atoms with Gasteiger partial charge in [0, 0.05) is 5.56 Å². The molecule has 1 aromatic heterocycles. The number of alkyl halides is 3. The van der Waals surface area contributed by atoms with Gasteiger partial charge in [0.1, 0.15) is 5.82 Å². The lowest BCUT2D eigenvalue weighted by Crippen LogP contribution is -2.20. The standard InChI is InChI=1S/C22H14F3N3O/c23-22(24,25)11-8-9-16-17(10-11)28-21(27-16)15-7-3-6-14-18(15)12-4-1-2-5-13(12)19(14)20(26)29/h1-10,19H,(H2,26,29)(H,27,28)/t19-/m1/s1. The number of fused-ring (bicyclic) bond motifs is 4. The summed E-state index contributed by atoms with van der Waals surface area (Å²) in [6, 6.07) is 16.4. The van der Waals surface area contributed by atoms with Crippen LogP contribution < -0.4 is 5.73 Å². The molecule has 1 amide bonds. The third-order valence-electron chi connectivity index (χ3n) is 5.30. The molecule has 0 saturated heterocycles. The summed E-state index contributed by atoms with van der Waals surface area (Å²) >= 11 is 0. The summed E-state index contributed by atoms with van der Waals surface area (Å²) in [5, 5.41) is 0. The number of primary amides is 1. The minimum atomic E-state index is -4.43. The van der Waals surface area contributed by atoms with Gasteiger partial charge in [-0.05, 0) is 40.5 Å². The SMILES string of the molecule is NC(=O)[C@@H]1c2ccccc2-c2c(-c3nc4ccc(C(F)(F)F)cc4[nH]3)cccc21. The number of nitrogens with two attached hydrogens (primary N) is 1. The topological polar surface area (TPSA) is 71.8 Å². The van der Waals surface area contributed by atoms with Crippen LogP contribution in [0.2, 0.25) is 0 Å². The van der Waals surface area contributed by atoms with Crippen LogP contribution >= 0.6 is 0 Å². The molecule has 0 fully saturated rings. The van der Waals surface area contributed by atoms with Crippen molar-refractivity contribution >= 4 is 16.9 Å². The van der Waals surface area contributed by atoms with Crippen LogP contribution in [0.3, 0.4) is 0 Å². The van der Waals surface area contributed by atoms with E-state index in [-0.39, 0.29) is 0 Å². The van der Waals surface area contributed by atoms with E-state index in [0.29, 0.717) is 22.4 Å². The van der Waals surface area contributed by atoms with E-state index >= 15 is 0 Å². The van der Waals surface area contributed by atoms with Crippen molar-refractivity contribution in [3.8, 4) is 22.5 Å². The van der Waals surface area contributed by atoms with Crippen LogP contribution in [0.1, 0.15) is 22.6 Å². The van der Waals surface area contributed by atoms with Gasteiger partial charge < -0.3 is 10.7 Å². The Labute approximate surface area is 163 Å². The monoisotopic (exact) mass is 393 g/mol. The Balaban J connectivity index is 1.73. The highest BCUT2D eigenvalue weighted by atomic mass is 19.4. The molecule has 1 aliphatic rings. The number of rotatable bonds is 2. The number of amides is 1. The second-order valence-electron chi connectivity index (χ2n) is 7.01. The predicted molar refractivity (Wildman–Crippen MR) is 103 cm³/mol. The van der Waals surface area contributed by atoms with Crippen molar-refractivity contribution in [3.63, 3.8) is 0 Å². The Morgan fingerprint density at radius 3 is 2.45 bits per heavy atom. The minimum Gasteiger partial charge on any atom is -0.369 e. The molecule has 5 rings (SSSR count). The van der Waals surface area contributed by atoms with E-state index in [0.717, 1.165) is 34.4 Å². The number of H-pyrrole nitrogens is 1. The second kappa shape index (κ2) is 5.94. The summed E-state index contributed by atoms with van der Waals surface area (Å²) < 4.78 is 39.1. The summed E-state index contributed by atoms with van der Waals surface area (Å²) in [6.07, 6.45) is -4.43. The number of carbonyl (C=O) groups excluding carboxylic acids is 1. The van der Waals surface area contributed by atoms with Gasteiger partial charge >= 0.3 is 6.18 Å². The van der Waals surface area contributed by atoms with Crippen LogP contribution in [-0.2, 0) is 11.0 Å². The molecule has 0 spiro atoms. The lowest BCUT2D eigenvalue weighted by atomic mass is 9.95. The summed E-state index contributed by atoms with van der Waals surface area (Å²) in [7, 11) is 0. The lowest BCUT2D eigenvalue weighted by molar-refractivity contribution is -0.137. The summed E-state index contributed by atoms with van der Waals surface area (Å²) in [4.78, 5) is 19.6. The van der Waals surface area contributed by atoms with Gasteiger partial charge in [-0.25, -0.2) is 4.98 Å². The Hall–Kier alpha value is -3.61. The second-order valence-corrected chi connectivity index (χ2v) is 7.01. The van der Waals surface area contributed by atoms with Gasteiger partial charge in [-0.3, -0.25) is 4.79 Å². The maximum absolute atomic E-state index is 13.0. The smallest absolute Gasteiger partial charge is 0.369 e. The molecule has 3 aromatic carbocycles. The van der Waals surface area contributed by atoms with Gasteiger partial charge in [-0.15, -0.1) is 0 Å². The van der Waals surface area contributed by atoms with Gasteiger partial charge in [0.2, 0.25) is 5.91 Å². The number of hydrogen-bond acceptors (Lipinski definition) is 2. The van der Waals surface area contributed by atoms with Crippen molar-refractivity contribution in [1.82, 2.24) is 9.97 Å². The first-order valence-corrected chi connectivity index (χ1v) is 8.93. The molecule has 1 atom stereocenters. The number of aromatic nitrogens is 2. The van der Waals surface area contributed by atoms with E-state index in [1.165, 1.54) is 6.07 Å². The molecule has 4 nitrogen and oxygen atoms in total. The fraction of sp³-hybridized carbons (Fsp3) is 0.0909. The van der Waals surface area contributed by atoms with E-state index in [2.05, 4.69) is 9.97 Å². The van der Waals surface area contributed by atoms with Crippen molar-refractivity contribution in [2.45, 2.75) is 12.1 Å². The number of aromatic amines is 1. The third kappa shape index (κ3) is 2.61. The molecule has 4 aromatic rings. The first-order valence-electron chi connectivity index (χ1n) is 8.93. The van der Waals surface area contributed by atoms with Crippen LogP contribution in [0.25, 0.3) is 33.5 Å². The molecule has 7 heteroatoms. The van der Waals surface area contributed by atoms with Crippen molar-refractivity contribution in [3.05, 3.63) is 77.4 Å². The fourth-order valence-corrected chi connectivity index (χ4v) is 4.07. The van der Waals surface area contributed by atoms with Crippen molar-refractivity contribution in [2.75, 3.05) is 0 Å². The minimum absolute atomic E-state index is 0.296. The molecule has 144 valence electrons. The van der Waals surface area contributed by atoms with E-state index in [1.54, 1.807) is 6.07 Å². The van der Waals surface area contributed by atoms with E-state index in [9.17, 15) is 18.0 Å². The Morgan fingerprint density at radius 2 is 1.69 bits per heavy atom. The van der Waals surface area contributed by atoms with Gasteiger partial charge in [0.15, 0.2) is 0 Å². The molecule has 0 aliphatic heterocycles. The Bertz CT molecular complexity index is 1290. The zero-order chi connectivity index (χ0) is 20.3. The Kier molecular flexibility index (Phi) is 3.58. The maximum Gasteiger partial charge on any atom is 0.416 e. The zero-order valence-corrected chi connectivity index (χ0v) is 14.9. The third-order valence-corrected chi connectivity index (χ3v) is 5.30. The quantitative estimate of drug-likeness (QED) is 0.511. The first-order chi connectivity index (χ1) is 13.8. The van der Waals surface area contributed by atoms with Crippen molar-refractivity contribution in [1.29, 1.82) is 0 Å². The van der Waals surface area contributed by atoms with Crippen molar-refractivity contribution < 1.29 is 18.0 Å². The molecule has 1 aliphatic carbocycles. The van der Waals surface area contributed by atoms with Crippen LogP contribution in [0, 0.1) is 0 Å². The van der Waals surface area contributed by atoms with E-state index in [1.807, 2.05) is 36.4 Å². The number of carbonyl (C=O) groups is 1. The first kappa shape index (κ1) is 17.5. The Morgan fingerprint density at radius 1 is 0.966 bits per heavy atom. The number of nitrogens with one attached hydrogen (secondary N) is 1. The molecule has 0 unspecified atom stereocenters. The maximum atomic E-state index is 13.0. The molecule has 0 bridgehead atoms. The number of halogens is 3. The van der Waals surface area contributed by atoms with Crippen LogP contribution in [0.5, 0.6) is 0 Å². The van der Waals surface area contributed by atoms with Gasteiger partial charge in [-0.2, -0.15) is 13.2 Å². The number of hydrogen-bond donors (Lipinski definition) is 2. The molecule has 29 heavy (non-hydrogen) atoms. The van der Waals surface area contributed by atoms with E-state index in [4.69, 9.17) is 5.73 Å². The highest BCUT2D eigenvalue weighted by Crippen LogP contribution is 2.48. The molecule has 0 saturated carbocycles. The lowest BCUT2D eigenvalue weighted by Gasteiger charge is -2.09.